The Balaban J connectivity index is 2.01. The number of hydrogen-bond acceptors (Lipinski definition) is 4. The molecular formula is C11H13N5O3. The average Bonchev–Trinajstić information content (AvgIpc) is 2.91. The number of carbonyl (C=O) groups excluding carboxylic acids is 1. The van der Waals surface area contributed by atoms with E-state index in [0.717, 1.165) is 5.69 Å². The summed E-state index contributed by atoms with van der Waals surface area (Å²) >= 11 is 0. The van der Waals surface area contributed by atoms with Gasteiger partial charge in [0.15, 0.2) is 0 Å². The number of aryl methyl sites for hydroxylation is 1. The Morgan fingerprint density at radius 3 is 2.63 bits per heavy atom. The summed E-state index contributed by atoms with van der Waals surface area (Å²) in [6.45, 7) is 1.78. The van der Waals surface area contributed by atoms with Crippen LogP contribution < -0.4 is 5.32 Å². The van der Waals surface area contributed by atoms with Crippen molar-refractivity contribution in [2.45, 2.75) is 13.5 Å². The lowest BCUT2D eigenvalue weighted by Gasteiger charge is -2.04. The molecule has 0 saturated heterocycles. The van der Waals surface area contributed by atoms with Gasteiger partial charge in [0, 0.05) is 13.2 Å². The molecule has 0 aliphatic carbocycles. The molecule has 0 spiro atoms. The Labute approximate surface area is 108 Å². The van der Waals surface area contributed by atoms with Crippen LogP contribution in [0.2, 0.25) is 0 Å². The first-order valence-electron chi connectivity index (χ1n) is 5.51. The molecule has 2 aromatic rings. The highest BCUT2D eigenvalue weighted by Gasteiger charge is 2.11. The molecule has 0 atom stereocenters. The summed E-state index contributed by atoms with van der Waals surface area (Å²) in [7, 11) is 1.78. The summed E-state index contributed by atoms with van der Waals surface area (Å²) in [5.74, 6) is -1.37. The molecule has 1 amide bonds. The monoisotopic (exact) mass is 263 g/mol. The van der Waals surface area contributed by atoms with Crippen molar-refractivity contribution in [1.29, 1.82) is 0 Å². The van der Waals surface area contributed by atoms with Crippen LogP contribution in [0.15, 0.2) is 18.6 Å². The number of carboxylic acid groups (broad SMARTS) is 1. The standard InChI is InChI=1S/C11H13N5O3/c1-7-9(4-12-15(7)2)14-10(17)6-16-5-8(3-13-16)11(18)19/h3-5H,6H2,1-2H3,(H,14,17)(H,18,19). The maximum Gasteiger partial charge on any atom is 0.338 e. The number of rotatable bonds is 4. The lowest BCUT2D eigenvalue weighted by molar-refractivity contribution is -0.116. The Hall–Kier alpha value is -2.64. The number of hydrogen-bond donors (Lipinski definition) is 2. The molecule has 2 heterocycles. The minimum atomic E-state index is -1.07. The van der Waals surface area contributed by atoms with Crippen LogP contribution in [0.4, 0.5) is 5.69 Å². The van der Waals surface area contributed by atoms with Gasteiger partial charge in [-0.1, -0.05) is 0 Å². The van der Waals surface area contributed by atoms with Crippen molar-refractivity contribution in [3.05, 3.63) is 29.8 Å². The van der Waals surface area contributed by atoms with Crippen molar-refractivity contribution < 1.29 is 14.7 Å². The predicted octanol–water partition coefficient (Wildman–Crippen LogP) is 0.262. The summed E-state index contributed by atoms with van der Waals surface area (Å²) in [5.41, 5.74) is 1.50. The van der Waals surface area contributed by atoms with Crippen molar-refractivity contribution >= 4 is 17.6 Å². The number of carbonyl (C=O) groups is 2. The van der Waals surface area contributed by atoms with Crippen molar-refractivity contribution in [1.82, 2.24) is 19.6 Å². The smallest absolute Gasteiger partial charge is 0.338 e. The van der Waals surface area contributed by atoms with Crippen molar-refractivity contribution in [3.63, 3.8) is 0 Å². The molecule has 0 fully saturated rings. The van der Waals surface area contributed by atoms with E-state index in [9.17, 15) is 9.59 Å². The quantitative estimate of drug-likeness (QED) is 0.823. The molecule has 0 aliphatic heterocycles. The molecule has 0 bridgehead atoms. The number of aromatic nitrogens is 4. The number of aromatic carboxylic acids is 1. The van der Waals surface area contributed by atoms with Gasteiger partial charge in [-0.15, -0.1) is 0 Å². The SMILES string of the molecule is Cc1c(NC(=O)Cn2cc(C(=O)O)cn2)cnn1C. The summed E-state index contributed by atoms with van der Waals surface area (Å²) in [6, 6.07) is 0. The average molecular weight is 263 g/mol. The maximum absolute atomic E-state index is 11.8. The van der Waals surface area contributed by atoms with Gasteiger partial charge in [-0.3, -0.25) is 14.2 Å². The molecule has 2 rings (SSSR count). The van der Waals surface area contributed by atoms with Gasteiger partial charge in [0.1, 0.15) is 6.54 Å². The van der Waals surface area contributed by atoms with E-state index in [0.29, 0.717) is 5.69 Å². The van der Waals surface area contributed by atoms with Gasteiger partial charge >= 0.3 is 5.97 Å². The van der Waals surface area contributed by atoms with Crippen molar-refractivity contribution in [3.8, 4) is 0 Å². The lowest BCUT2D eigenvalue weighted by atomic mass is 10.4. The van der Waals surface area contributed by atoms with E-state index in [1.165, 1.54) is 17.1 Å². The lowest BCUT2D eigenvalue weighted by Crippen LogP contribution is -2.19. The van der Waals surface area contributed by atoms with Crippen molar-refractivity contribution in [2.75, 3.05) is 5.32 Å². The molecule has 2 aromatic heterocycles. The third kappa shape index (κ3) is 2.79. The van der Waals surface area contributed by atoms with Gasteiger partial charge in [-0.2, -0.15) is 10.2 Å². The number of nitrogens with one attached hydrogen (secondary N) is 1. The third-order valence-corrected chi connectivity index (χ3v) is 2.70. The molecule has 100 valence electrons. The van der Waals surface area contributed by atoms with Gasteiger partial charge in [-0.05, 0) is 6.92 Å². The molecule has 0 unspecified atom stereocenters. The fraction of sp³-hybridized carbons (Fsp3) is 0.273. The Morgan fingerprint density at radius 1 is 1.37 bits per heavy atom. The fourth-order valence-corrected chi connectivity index (χ4v) is 1.52. The predicted molar refractivity (Wildman–Crippen MR) is 65.8 cm³/mol. The highest BCUT2D eigenvalue weighted by molar-refractivity contribution is 5.91. The van der Waals surface area contributed by atoms with E-state index in [1.807, 2.05) is 6.92 Å². The molecule has 2 N–H and O–H groups in total. The maximum atomic E-state index is 11.8. The van der Waals surface area contributed by atoms with Crippen LogP contribution in [-0.2, 0) is 18.4 Å². The summed E-state index contributed by atoms with van der Waals surface area (Å²) in [5, 5.41) is 19.2. The van der Waals surface area contributed by atoms with E-state index in [4.69, 9.17) is 5.11 Å². The van der Waals surface area contributed by atoms with E-state index < -0.39 is 5.97 Å². The molecule has 0 aromatic carbocycles. The molecule has 0 radical (unpaired) electrons. The second-order valence-electron chi connectivity index (χ2n) is 4.05. The third-order valence-electron chi connectivity index (χ3n) is 2.70. The Bertz CT molecular complexity index is 628. The number of carboxylic acids is 1. The van der Waals surface area contributed by atoms with Gasteiger partial charge in [-0.25, -0.2) is 4.79 Å². The summed E-state index contributed by atoms with van der Waals surface area (Å²) < 4.78 is 2.91. The van der Waals surface area contributed by atoms with Crippen LogP contribution in [-0.4, -0.2) is 36.5 Å². The first-order chi connectivity index (χ1) is 8.97. The van der Waals surface area contributed by atoms with Crippen LogP contribution in [0.5, 0.6) is 0 Å². The fourth-order valence-electron chi connectivity index (χ4n) is 1.52. The van der Waals surface area contributed by atoms with Gasteiger partial charge in [0.05, 0.1) is 29.3 Å². The van der Waals surface area contributed by atoms with Crippen LogP contribution >= 0.6 is 0 Å². The molecule has 8 heteroatoms. The summed E-state index contributed by atoms with van der Waals surface area (Å²) in [4.78, 5) is 22.4. The number of anilines is 1. The topological polar surface area (TPSA) is 102 Å². The summed E-state index contributed by atoms with van der Waals surface area (Å²) in [6.07, 6.45) is 4.06. The first kappa shape index (κ1) is 12.8. The van der Waals surface area contributed by atoms with E-state index in [2.05, 4.69) is 15.5 Å². The first-order valence-corrected chi connectivity index (χ1v) is 5.51. The molecule has 0 saturated carbocycles. The Kier molecular flexibility index (Phi) is 3.32. The van der Waals surface area contributed by atoms with E-state index >= 15 is 0 Å². The van der Waals surface area contributed by atoms with Crippen LogP contribution in [0.1, 0.15) is 16.1 Å². The zero-order chi connectivity index (χ0) is 14.0. The van der Waals surface area contributed by atoms with Crippen molar-refractivity contribution in [2.24, 2.45) is 7.05 Å². The molecular weight excluding hydrogens is 250 g/mol. The van der Waals surface area contributed by atoms with Gasteiger partial charge in [0.25, 0.3) is 0 Å². The number of nitrogens with zero attached hydrogens (tertiary/aromatic N) is 4. The normalized spacial score (nSPS) is 10.4. The van der Waals surface area contributed by atoms with Crippen LogP contribution in [0, 0.1) is 6.92 Å². The molecule has 0 aliphatic rings. The minimum Gasteiger partial charge on any atom is -0.478 e. The Morgan fingerprint density at radius 2 is 2.11 bits per heavy atom. The van der Waals surface area contributed by atoms with E-state index in [1.54, 1.807) is 17.9 Å². The van der Waals surface area contributed by atoms with Gasteiger partial charge in [0.2, 0.25) is 5.91 Å². The van der Waals surface area contributed by atoms with Crippen LogP contribution in [0.25, 0.3) is 0 Å². The highest BCUT2D eigenvalue weighted by Crippen LogP contribution is 2.11. The molecule has 8 nitrogen and oxygen atoms in total. The van der Waals surface area contributed by atoms with Gasteiger partial charge < -0.3 is 10.4 Å². The van der Waals surface area contributed by atoms with Crippen LogP contribution in [0.3, 0.4) is 0 Å². The zero-order valence-corrected chi connectivity index (χ0v) is 10.5. The highest BCUT2D eigenvalue weighted by atomic mass is 16.4. The second kappa shape index (κ2) is 4.92. The van der Waals surface area contributed by atoms with E-state index in [-0.39, 0.29) is 18.0 Å². The minimum absolute atomic E-state index is 0.0466. The second-order valence-corrected chi connectivity index (χ2v) is 4.05. The number of amides is 1. The largest absolute Gasteiger partial charge is 0.478 e. The zero-order valence-electron chi connectivity index (χ0n) is 10.5. The molecule has 19 heavy (non-hydrogen) atoms.